The highest BCUT2D eigenvalue weighted by Crippen LogP contribution is 2.40. The molecule has 0 saturated heterocycles. The van der Waals surface area contributed by atoms with Crippen LogP contribution in [0.2, 0.25) is 15.1 Å². The number of benzene rings is 2. The third-order valence-corrected chi connectivity index (χ3v) is 4.95. The first-order valence-corrected chi connectivity index (χ1v) is 8.74. The summed E-state index contributed by atoms with van der Waals surface area (Å²) in [5, 5.41) is 10.6. The summed E-state index contributed by atoms with van der Waals surface area (Å²) in [6, 6.07) is 12.5. The molecular formula is C19H10Cl3F3N2. The summed E-state index contributed by atoms with van der Waals surface area (Å²) in [6.45, 7) is 0.0381. The van der Waals surface area contributed by atoms with Crippen molar-refractivity contribution < 1.29 is 13.2 Å². The number of hydrogen-bond acceptors (Lipinski definition) is 1. The molecule has 0 aliphatic heterocycles. The predicted molar refractivity (Wildman–Crippen MR) is 100 cm³/mol. The number of alkyl halides is 3. The van der Waals surface area contributed by atoms with Crippen LogP contribution in [0.1, 0.15) is 16.8 Å². The summed E-state index contributed by atoms with van der Waals surface area (Å²) in [5.41, 5.74) is -0.290. The van der Waals surface area contributed by atoms with Crippen molar-refractivity contribution in [3.05, 3.63) is 80.6 Å². The van der Waals surface area contributed by atoms with Crippen LogP contribution >= 0.6 is 34.8 Å². The van der Waals surface area contributed by atoms with Crippen molar-refractivity contribution in [3.63, 3.8) is 0 Å². The van der Waals surface area contributed by atoms with Crippen LogP contribution in [0.5, 0.6) is 0 Å². The maximum atomic E-state index is 13.6. The molecule has 2 aromatic carbocycles. The van der Waals surface area contributed by atoms with Gasteiger partial charge in [0.25, 0.3) is 0 Å². The minimum absolute atomic E-state index is 0.0381. The molecule has 2 nitrogen and oxygen atoms in total. The molecule has 1 heterocycles. The van der Waals surface area contributed by atoms with Crippen molar-refractivity contribution in [2.45, 2.75) is 12.7 Å². The first-order valence-electron chi connectivity index (χ1n) is 7.61. The topological polar surface area (TPSA) is 28.7 Å². The van der Waals surface area contributed by atoms with E-state index < -0.39 is 11.7 Å². The Balaban J connectivity index is 2.16. The highest BCUT2D eigenvalue weighted by Gasteiger charge is 2.37. The maximum absolute atomic E-state index is 13.6. The third-order valence-electron chi connectivity index (χ3n) is 3.96. The number of nitrogens with zero attached hydrogens (tertiary/aromatic N) is 2. The van der Waals surface area contributed by atoms with Gasteiger partial charge in [-0.25, -0.2) is 0 Å². The van der Waals surface area contributed by atoms with Crippen molar-refractivity contribution in [1.82, 2.24) is 4.57 Å². The van der Waals surface area contributed by atoms with Crippen molar-refractivity contribution in [1.29, 1.82) is 5.26 Å². The zero-order valence-electron chi connectivity index (χ0n) is 13.5. The quantitative estimate of drug-likeness (QED) is 0.438. The van der Waals surface area contributed by atoms with Crippen LogP contribution in [-0.4, -0.2) is 4.57 Å². The van der Waals surface area contributed by atoms with Crippen LogP contribution in [0.4, 0.5) is 13.2 Å². The molecule has 0 radical (unpaired) electrons. The predicted octanol–water partition coefficient (Wildman–Crippen LogP) is 7.05. The normalized spacial score (nSPS) is 11.4. The molecular weight excluding hydrogens is 420 g/mol. The van der Waals surface area contributed by atoms with Crippen molar-refractivity contribution in [2.24, 2.45) is 0 Å². The summed E-state index contributed by atoms with van der Waals surface area (Å²) < 4.78 is 42.1. The average Bonchev–Trinajstić information content (AvgIpc) is 2.97. The largest absolute Gasteiger partial charge is 0.418 e. The van der Waals surface area contributed by atoms with Gasteiger partial charge in [0, 0.05) is 23.3 Å². The lowest BCUT2D eigenvalue weighted by Gasteiger charge is -2.08. The van der Waals surface area contributed by atoms with Gasteiger partial charge in [-0.1, -0.05) is 53.0 Å². The van der Waals surface area contributed by atoms with Crippen LogP contribution in [0, 0.1) is 11.3 Å². The Morgan fingerprint density at radius 1 is 0.963 bits per heavy atom. The monoisotopic (exact) mass is 428 g/mol. The van der Waals surface area contributed by atoms with E-state index in [0.29, 0.717) is 15.6 Å². The van der Waals surface area contributed by atoms with E-state index in [1.54, 1.807) is 18.2 Å². The van der Waals surface area contributed by atoms with Gasteiger partial charge < -0.3 is 4.57 Å². The van der Waals surface area contributed by atoms with E-state index in [2.05, 4.69) is 0 Å². The summed E-state index contributed by atoms with van der Waals surface area (Å²) in [6.07, 6.45) is -3.69. The fraction of sp³-hybridized carbons (Fsp3) is 0.105. The second kappa shape index (κ2) is 7.47. The van der Waals surface area contributed by atoms with E-state index in [9.17, 15) is 18.4 Å². The molecule has 0 atom stereocenters. The molecule has 3 aromatic rings. The zero-order chi connectivity index (χ0) is 19.8. The van der Waals surface area contributed by atoms with Gasteiger partial charge in [0.2, 0.25) is 0 Å². The van der Waals surface area contributed by atoms with Gasteiger partial charge in [0.1, 0.15) is 11.8 Å². The Kier molecular flexibility index (Phi) is 5.43. The molecule has 27 heavy (non-hydrogen) atoms. The van der Waals surface area contributed by atoms with E-state index in [1.807, 2.05) is 6.07 Å². The molecule has 0 unspecified atom stereocenters. The minimum Gasteiger partial charge on any atom is -0.334 e. The van der Waals surface area contributed by atoms with Gasteiger partial charge in [-0.15, -0.1) is 0 Å². The van der Waals surface area contributed by atoms with Gasteiger partial charge in [-0.05, 0) is 35.4 Å². The fourth-order valence-corrected chi connectivity index (χ4v) is 3.21. The zero-order valence-corrected chi connectivity index (χ0v) is 15.8. The number of aromatic nitrogens is 1. The molecule has 1 aromatic heterocycles. The molecule has 0 N–H and O–H groups in total. The van der Waals surface area contributed by atoms with E-state index in [1.165, 1.54) is 28.8 Å². The minimum atomic E-state index is -4.62. The summed E-state index contributed by atoms with van der Waals surface area (Å²) in [4.78, 5) is 0. The van der Waals surface area contributed by atoms with Gasteiger partial charge >= 0.3 is 6.18 Å². The summed E-state index contributed by atoms with van der Waals surface area (Å²) in [5.74, 6) is 0. The van der Waals surface area contributed by atoms with Crippen LogP contribution in [0.15, 0.2) is 48.7 Å². The molecule has 0 aliphatic rings. The summed E-state index contributed by atoms with van der Waals surface area (Å²) >= 11 is 17.7. The van der Waals surface area contributed by atoms with Gasteiger partial charge in [0.15, 0.2) is 0 Å². The van der Waals surface area contributed by atoms with Gasteiger partial charge in [-0.3, -0.25) is 0 Å². The molecule has 0 amide bonds. The number of nitriles is 1. The van der Waals surface area contributed by atoms with Crippen molar-refractivity contribution >= 4 is 34.8 Å². The van der Waals surface area contributed by atoms with Crippen LogP contribution in [0.3, 0.4) is 0 Å². The fourth-order valence-electron chi connectivity index (χ4n) is 2.76. The standard InChI is InChI=1S/C19H10Cl3F3N2/c20-13-4-2-12(3-5-13)18-14(19(23,24)25)10-27(17(18)8-26)9-11-1-6-15(21)16(22)7-11/h1-7,10H,9H2. The first-order chi connectivity index (χ1) is 12.7. The van der Waals surface area contributed by atoms with E-state index >= 15 is 0 Å². The van der Waals surface area contributed by atoms with E-state index in [0.717, 1.165) is 6.20 Å². The molecule has 0 aliphatic carbocycles. The Hall–Kier alpha value is -2.13. The second-order valence-corrected chi connectivity index (χ2v) is 7.01. The van der Waals surface area contributed by atoms with E-state index in [4.69, 9.17) is 34.8 Å². The Labute approximate surface area is 168 Å². The molecule has 3 rings (SSSR count). The lowest BCUT2D eigenvalue weighted by Crippen LogP contribution is -2.05. The lowest BCUT2D eigenvalue weighted by atomic mass is 10.0. The molecule has 0 fully saturated rings. The highest BCUT2D eigenvalue weighted by molar-refractivity contribution is 6.42. The average molecular weight is 430 g/mol. The van der Waals surface area contributed by atoms with Gasteiger partial charge in [-0.2, -0.15) is 18.4 Å². The smallest absolute Gasteiger partial charge is 0.334 e. The van der Waals surface area contributed by atoms with E-state index in [-0.39, 0.29) is 28.4 Å². The summed E-state index contributed by atoms with van der Waals surface area (Å²) in [7, 11) is 0. The molecule has 0 spiro atoms. The number of halogens is 6. The van der Waals surface area contributed by atoms with Crippen LogP contribution < -0.4 is 0 Å². The third kappa shape index (κ3) is 4.08. The molecule has 0 saturated carbocycles. The molecule has 138 valence electrons. The Morgan fingerprint density at radius 3 is 2.19 bits per heavy atom. The lowest BCUT2D eigenvalue weighted by molar-refractivity contribution is -0.137. The second-order valence-electron chi connectivity index (χ2n) is 5.76. The Bertz CT molecular complexity index is 1030. The Morgan fingerprint density at radius 2 is 1.63 bits per heavy atom. The van der Waals surface area contributed by atoms with Crippen molar-refractivity contribution in [3.8, 4) is 17.2 Å². The van der Waals surface area contributed by atoms with Crippen LogP contribution in [0.25, 0.3) is 11.1 Å². The maximum Gasteiger partial charge on any atom is 0.418 e. The van der Waals surface area contributed by atoms with Crippen molar-refractivity contribution in [2.75, 3.05) is 0 Å². The number of rotatable bonds is 3. The number of hydrogen-bond donors (Lipinski definition) is 0. The SMILES string of the molecule is N#Cc1c(-c2ccc(Cl)cc2)c(C(F)(F)F)cn1Cc1ccc(Cl)c(Cl)c1. The molecule has 0 bridgehead atoms. The first kappa shape index (κ1) is 19.6. The molecule has 8 heteroatoms. The van der Waals surface area contributed by atoms with Crippen LogP contribution in [-0.2, 0) is 12.7 Å². The van der Waals surface area contributed by atoms with Gasteiger partial charge in [0.05, 0.1) is 15.6 Å². The highest BCUT2D eigenvalue weighted by atomic mass is 35.5.